The maximum Gasteiger partial charge on any atom is 0.282 e. The Morgan fingerprint density at radius 2 is 2.19 bits per heavy atom. The molecule has 0 fully saturated rings. The van der Waals surface area contributed by atoms with Crippen LogP contribution in [0.5, 0.6) is 0 Å². The largest absolute Gasteiger partial charge is 0.380 e. The van der Waals surface area contributed by atoms with Crippen LogP contribution in [0.4, 0.5) is 11.4 Å². The van der Waals surface area contributed by atoms with Crippen molar-refractivity contribution in [2.24, 2.45) is 5.84 Å². The first-order valence-electron chi connectivity index (χ1n) is 6.67. The number of ether oxygens (including phenoxy) is 1. The topological polar surface area (TPSA) is 111 Å². The van der Waals surface area contributed by atoms with Crippen LogP contribution in [0.3, 0.4) is 0 Å². The maximum atomic E-state index is 12.5. The summed E-state index contributed by atoms with van der Waals surface area (Å²) in [5.41, 5.74) is 2.58. The molecule has 0 aliphatic rings. The summed E-state index contributed by atoms with van der Waals surface area (Å²) in [7, 11) is 0. The van der Waals surface area contributed by atoms with Gasteiger partial charge in [0.25, 0.3) is 11.6 Å². The molecule has 0 aromatic heterocycles. The number of likely N-dealkylation sites (N-methyl/N-ethyl adjacent to an activating group) is 1. The van der Waals surface area contributed by atoms with Gasteiger partial charge in [0.1, 0.15) is 5.56 Å². The molecule has 0 bridgehead atoms. The van der Waals surface area contributed by atoms with E-state index in [1.165, 1.54) is 23.1 Å². The molecule has 116 valence electrons. The Kier molecular flexibility index (Phi) is 6.57. The zero-order valence-electron chi connectivity index (χ0n) is 12.2. The van der Waals surface area contributed by atoms with Crippen molar-refractivity contribution in [3.8, 4) is 0 Å². The SMILES string of the molecule is CCOCCN(CC)C(=O)c1cc(NN)ccc1[N+](=O)[O-]. The van der Waals surface area contributed by atoms with Crippen molar-refractivity contribution in [2.75, 3.05) is 31.7 Å². The number of anilines is 1. The van der Waals surface area contributed by atoms with E-state index in [4.69, 9.17) is 10.6 Å². The molecule has 0 radical (unpaired) electrons. The Morgan fingerprint density at radius 3 is 2.71 bits per heavy atom. The first kappa shape index (κ1) is 16.9. The van der Waals surface area contributed by atoms with Crippen LogP contribution in [0.2, 0.25) is 0 Å². The molecule has 3 N–H and O–H groups in total. The number of benzene rings is 1. The van der Waals surface area contributed by atoms with E-state index in [-0.39, 0.29) is 11.3 Å². The second-order valence-corrected chi connectivity index (χ2v) is 4.22. The lowest BCUT2D eigenvalue weighted by molar-refractivity contribution is -0.385. The number of nitro benzene ring substituents is 1. The highest BCUT2D eigenvalue weighted by Crippen LogP contribution is 2.23. The number of hydrogen-bond donors (Lipinski definition) is 2. The first-order chi connectivity index (χ1) is 10.0. The van der Waals surface area contributed by atoms with Gasteiger partial charge in [-0.25, -0.2) is 0 Å². The molecule has 0 saturated heterocycles. The Morgan fingerprint density at radius 1 is 1.48 bits per heavy atom. The van der Waals surface area contributed by atoms with Crippen molar-refractivity contribution >= 4 is 17.3 Å². The number of nitrogens with zero attached hydrogens (tertiary/aromatic N) is 2. The average molecular weight is 296 g/mol. The lowest BCUT2D eigenvalue weighted by Crippen LogP contribution is -2.34. The van der Waals surface area contributed by atoms with Gasteiger partial charge in [-0.1, -0.05) is 0 Å². The van der Waals surface area contributed by atoms with Gasteiger partial charge in [-0.15, -0.1) is 0 Å². The fourth-order valence-corrected chi connectivity index (χ4v) is 1.85. The third-order valence-corrected chi connectivity index (χ3v) is 2.97. The Labute approximate surface area is 123 Å². The minimum atomic E-state index is -0.579. The summed E-state index contributed by atoms with van der Waals surface area (Å²) in [5.74, 6) is 4.87. The molecular formula is C13H20N4O4. The van der Waals surface area contributed by atoms with Crippen LogP contribution in [0.15, 0.2) is 18.2 Å². The van der Waals surface area contributed by atoms with Crippen LogP contribution in [-0.2, 0) is 4.74 Å². The molecule has 0 aliphatic carbocycles. The molecule has 21 heavy (non-hydrogen) atoms. The number of carbonyl (C=O) groups is 1. The van der Waals surface area contributed by atoms with Crippen molar-refractivity contribution in [3.63, 3.8) is 0 Å². The number of nitrogen functional groups attached to an aromatic ring is 1. The van der Waals surface area contributed by atoms with Gasteiger partial charge in [0.05, 0.1) is 11.5 Å². The molecule has 0 unspecified atom stereocenters. The number of amides is 1. The third-order valence-electron chi connectivity index (χ3n) is 2.97. The summed E-state index contributed by atoms with van der Waals surface area (Å²) in [6.45, 7) is 5.42. The fourth-order valence-electron chi connectivity index (χ4n) is 1.85. The highest BCUT2D eigenvalue weighted by atomic mass is 16.6. The lowest BCUT2D eigenvalue weighted by atomic mass is 10.1. The number of hydrogen-bond acceptors (Lipinski definition) is 6. The van der Waals surface area contributed by atoms with E-state index in [1.54, 1.807) is 6.92 Å². The molecule has 0 atom stereocenters. The molecule has 0 spiro atoms. The van der Waals surface area contributed by atoms with Crippen molar-refractivity contribution in [3.05, 3.63) is 33.9 Å². The average Bonchev–Trinajstić information content (AvgIpc) is 2.50. The smallest absolute Gasteiger partial charge is 0.282 e. The summed E-state index contributed by atoms with van der Waals surface area (Å²) in [6.07, 6.45) is 0. The van der Waals surface area contributed by atoms with Gasteiger partial charge in [0, 0.05) is 31.5 Å². The first-order valence-corrected chi connectivity index (χ1v) is 6.67. The highest BCUT2D eigenvalue weighted by Gasteiger charge is 2.24. The van der Waals surface area contributed by atoms with Gasteiger partial charge in [-0.05, 0) is 26.0 Å². The van der Waals surface area contributed by atoms with Crippen molar-refractivity contribution in [1.82, 2.24) is 4.90 Å². The molecule has 0 saturated carbocycles. The molecule has 1 amide bonds. The van der Waals surface area contributed by atoms with E-state index in [2.05, 4.69) is 5.43 Å². The summed E-state index contributed by atoms with van der Waals surface area (Å²) in [4.78, 5) is 24.4. The van der Waals surface area contributed by atoms with Gasteiger partial charge < -0.3 is 15.1 Å². The number of rotatable bonds is 8. The van der Waals surface area contributed by atoms with Crippen LogP contribution in [0.1, 0.15) is 24.2 Å². The molecule has 1 rings (SSSR count). The van der Waals surface area contributed by atoms with Crippen molar-refractivity contribution < 1.29 is 14.5 Å². The lowest BCUT2D eigenvalue weighted by Gasteiger charge is -2.21. The monoisotopic (exact) mass is 296 g/mol. The zero-order chi connectivity index (χ0) is 15.8. The Hall–Kier alpha value is -2.19. The summed E-state index contributed by atoms with van der Waals surface area (Å²) < 4.78 is 5.21. The van der Waals surface area contributed by atoms with Crippen LogP contribution in [0, 0.1) is 10.1 Å². The molecule has 1 aromatic rings. The van der Waals surface area contributed by atoms with Gasteiger partial charge in [0.15, 0.2) is 0 Å². The minimum Gasteiger partial charge on any atom is -0.380 e. The summed E-state index contributed by atoms with van der Waals surface area (Å²) in [5, 5.41) is 11.1. The second kappa shape index (κ2) is 8.18. The molecule has 8 heteroatoms. The van der Waals surface area contributed by atoms with E-state index in [9.17, 15) is 14.9 Å². The van der Waals surface area contributed by atoms with E-state index in [0.29, 0.717) is 32.0 Å². The van der Waals surface area contributed by atoms with E-state index in [1.807, 2.05) is 6.92 Å². The van der Waals surface area contributed by atoms with Crippen molar-refractivity contribution in [1.29, 1.82) is 0 Å². The second-order valence-electron chi connectivity index (χ2n) is 4.22. The van der Waals surface area contributed by atoms with Crippen LogP contribution < -0.4 is 11.3 Å². The van der Waals surface area contributed by atoms with Gasteiger partial charge in [-0.2, -0.15) is 0 Å². The number of nitrogens with two attached hydrogens (primary N) is 1. The number of nitro groups is 1. The number of carbonyl (C=O) groups excluding carboxylic acids is 1. The van der Waals surface area contributed by atoms with Gasteiger partial charge >= 0.3 is 0 Å². The van der Waals surface area contributed by atoms with Gasteiger partial charge in [-0.3, -0.25) is 20.8 Å². The Balaban J connectivity index is 3.04. The Bertz CT molecular complexity index is 507. The summed E-state index contributed by atoms with van der Waals surface area (Å²) >= 11 is 0. The van der Waals surface area contributed by atoms with Crippen LogP contribution in [0.25, 0.3) is 0 Å². The maximum absolute atomic E-state index is 12.5. The highest BCUT2D eigenvalue weighted by molar-refractivity contribution is 5.99. The quantitative estimate of drug-likeness (QED) is 0.324. The normalized spacial score (nSPS) is 10.2. The standard InChI is InChI=1S/C13H20N4O4/c1-3-16(7-8-21-4-2)13(18)11-9-10(15-14)5-6-12(11)17(19)20/h5-6,9,15H,3-4,7-8,14H2,1-2H3. The van der Waals surface area contributed by atoms with Crippen LogP contribution in [-0.4, -0.2) is 42.0 Å². The van der Waals surface area contributed by atoms with Crippen LogP contribution >= 0.6 is 0 Å². The zero-order valence-corrected chi connectivity index (χ0v) is 12.2. The fraction of sp³-hybridized carbons (Fsp3) is 0.462. The van der Waals surface area contributed by atoms with E-state index < -0.39 is 10.8 Å². The van der Waals surface area contributed by atoms with E-state index in [0.717, 1.165) is 0 Å². The number of nitrogens with one attached hydrogen (secondary N) is 1. The van der Waals surface area contributed by atoms with Crippen molar-refractivity contribution in [2.45, 2.75) is 13.8 Å². The molecular weight excluding hydrogens is 276 g/mol. The number of hydrazine groups is 1. The minimum absolute atomic E-state index is 0.00815. The molecule has 1 aromatic carbocycles. The predicted molar refractivity (Wildman–Crippen MR) is 79.0 cm³/mol. The van der Waals surface area contributed by atoms with E-state index >= 15 is 0 Å². The summed E-state index contributed by atoms with van der Waals surface area (Å²) in [6, 6.07) is 4.09. The van der Waals surface area contributed by atoms with Gasteiger partial charge in [0.2, 0.25) is 0 Å². The molecule has 8 nitrogen and oxygen atoms in total. The molecule has 0 aliphatic heterocycles. The third kappa shape index (κ3) is 4.40. The predicted octanol–water partition coefficient (Wildman–Crippen LogP) is 1.38. The molecule has 0 heterocycles.